The topological polar surface area (TPSA) is 34.4 Å². The van der Waals surface area contributed by atoms with Gasteiger partial charge in [0.25, 0.3) is 0 Å². The van der Waals surface area contributed by atoms with E-state index in [1.165, 1.54) is 25.7 Å². The first-order valence-electron chi connectivity index (χ1n) is 7.33. The van der Waals surface area contributed by atoms with Crippen LogP contribution in [0.3, 0.4) is 0 Å². The fourth-order valence-corrected chi connectivity index (χ4v) is 3.46. The van der Waals surface area contributed by atoms with Gasteiger partial charge in [-0.2, -0.15) is 0 Å². The van der Waals surface area contributed by atoms with Gasteiger partial charge in [-0.1, -0.05) is 26.7 Å². The molecule has 0 radical (unpaired) electrons. The van der Waals surface area contributed by atoms with Gasteiger partial charge in [0.05, 0.1) is 6.04 Å². The summed E-state index contributed by atoms with van der Waals surface area (Å²) in [6.45, 7) is 5.32. The van der Waals surface area contributed by atoms with Crippen LogP contribution in [-0.2, 0) is 11.3 Å². The van der Waals surface area contributed by atoms with Crippen LogP contribution in [-0.4, -0.2) is 14.2 Å². The van der Waals surface area contributed by atoms with Crippen molar-refractivity contribution < 1.29 is 9.15 Å². The van der Waals surface area contributed by atoms with Crippen molar-refractivity contribution in [3.63, 3.8) is 0 Å². The Hall–Kier alpha value is -0.800. The Morgan fingerprint density at radius 1 is 1.42 bits per heavy atom. The van der Waals surface area contributed by atoms with E-state index in [4.69, 9.17) is 9.15 Å². The molecule has 1 aromatic rings. The molecule has 1 aromatic heterocycles. The van der Waals surface area contributed by atoms with Crippen molar-refractivity contribution in [3.8, 4) is 0 Å². The Morgan fingerprint density at radius 3 is 2.84 bits per heavy atom. The van der Waals surface area contributed by atoms with Crippen molar-refractivity contribution in [1.82, 2.24) is 5.32 Å². The molecule has 0 amide bonds. The second-order valence-electron chi connectivity index (χ2n) is 6.34. The van der Waals surface area contributed by atoms with E-state index in [0.29, 0.717) is 24.0 Å². The highest BCUT2D eigenvalue weighted by atomic mass is 16.5. The Bertz CT molecular complexity index is 397. The van der Waals surface area contributed by atoms with Gasteiger partial charge in [-0.25, -0.2) is 0 Å². The van der Waals surface area contributed by atoms with Gasteiger partial charge in [-0.05, 0) is 43.4 Å². The summed E-state index contributed by atoms with van der Waals surface area (Å²) in [6, 6.07) is 4.43. The van der Waals surface area contributed by atoms with Crippen LogP contribution >= 0.6 is 0 Å². The van der Waals surface area contributed by atoms with Crippen LogP contribution in [0.5, 0.6) is 0 Å². The van der Waals surface area contributed by atoms with Crippen LogP contribution < -0.4 is 5.32 Å². The van der Waals surface area contributed by atoms with Crippen molar-refractivity contribution in [3.05, 3.63) is 23.7 Å². The average molecular weight is 265 g/mol. The minimum Gasteiger partial charge on any atom is -0.462 e. The molecular formula is C16H27NO2. The Kier molecular flexibility index (Phi) is 4.69. The molecule has 108 valence electrons. The van der Waals surface area contributed by atoms with Crippen molar-refractivity contribution >= 4 is 0 Å². The summed E-state index contributed by atoms with van der Waals surface area (Å²) in [5.74, 6) is 2.59. The third-order valence-corrected chi connectivity index (χ3v) is 4.58. The predicted octanol–water partition coefficient (Wildman–Crippen LogP) is 3.90. The maximum Gasteiger partial charge on any atom is 0.129 e. The van der Waals surface area contributed by atoms with E-state index in [1.54, 1.807) is 7.11 Å². The molecule has 3 nitrogen and oxygen atoms in total. The SMILES string of the molecule is CNC(c1ccc(COC)o1)C1CCCCC1(C)C. The molecule has 0 aliphatic heterocycles. The van der Waals surface area contributed by atoms with Crippen LogP contribution in [0.2, 0.25) is 0 Å². The number of ether oxygens (including phenoxy) is 1. The highest BCUT2D eigenvalue weighted by molar-refractivity contribution is 5.13. The minimum atomic E-state index is 0.306. The lowest BCUT2D eigenvalue weighted by molar-refractivity contribution is 0.0898. The number of nitrogens with one attached hydrogen (secondary N) is 1. The number of furan rings is 1. The molecule has 3 heteroatoms. The predicted molar refractivity (Wildman–Crippen MR) is 77.0 cm³/mol. The lowest BCUT2D eigenvalue weighted by atomic mass is 9.65. The first-order chi connectivity index (χ1) is 9.08. The van der Waals surface area contributed by atoms with Gasteiger partial charge in [0.2, 0.25) is 0 Å². The summed E-state index contributed by atoms with van der Waals surface area (Å²) in [5.41, 5.74) is 0.375. The molecule has 1 heterocycles. The first-order valence-corrected chi connectivity index (χ1v) is 7.33. The quantitative estimate of drug-likeness (QED) is 0.876. The van der Waals surface area contributed by atoms with Gasteiger partial charge in [-0.15, -0.1) is 0 Å². The van der Waals surface area contributed by atoms with Gasteiger partial charge in [0.15, 0.2) is 0 Å². The van der Waals surface area contributed by atoms with Crippen LogP contribution in [0.1, 0.15) is 57.1 Å². The van der Waals surface area contributed by atoms with E-state index < -0.39 is 0 Å². The standard InChI is InChI=1S/C16H27NO2/c1-16(2)10-6-5-7-13(16)15(17-3)14-9-8-12(19-14)11-18-4/h8-9,13,15,17H,5-7,10-11H2,1-4H3. The van der Waals surface area contributed by atoms with Crippen LogP contribution in [0.15, 0.2) is 16.5 Å². The molecule has 2 unspecified atom stereocenters. The molecule has 1 N–H and O–H groups in total. The third-order valence-electron chi connectivity index (χ3n) is 4.58. The molecule has 2 atom stereocenters. The second kappa shape index (κ2) is 6.10. The molecule has 0 aromatic carbocycles. The molecule has 2 rings (SSSR count). The van der Waals surface area contributed by atoms with E-state index in [-0.39, 0.29) is 0 Å². The summed E-state index contributed by atoms with van der Waals surface area (Å²) >= 11 is 0. The maximum atomic E-state index is 5.94. The smallest absolute Gasteiger partial charge is 0.129 e. The van der Waals surface area contributed by atoms with E-state index in [9.17, 15) is 0 Å². The first kappa shape index (κ1) is 14.6. The summed E-state index contributed by atoms with van der Waals surface area (Å²) in [7, 11) is 3.73. The van der Waals surface area contributed by atoms with E-state index in [2.05, 4.69) is 25.2 Å². The summed E-state index contributed by atoms with van der Waals surface area (Å²) in [6.07, 6.45) is 5.27. The molecule has 19 heavy (non-hydrogen) atoms. The third kappa shape index (κ3) is 3.21. The largest absolute Gasteiger partial charge is 0.462 e. The fourth-order valence-electron chi connectivity index (χ4n) is 3.46. The zero-order valence-electron chi connectivity index (χ0n) is 12.7. The molecule has 0 spiro atoms. The van der Waals surface area contributed by atoms with Crippen molar-refractivity contribution in [2.75, 3.05) is 14.2 Å². The highest BCUT2D eigenvalue weighted by Crippen LogP contribution is 2.46. The number of hydrogen-bond acceptors (Lipinski definition) is 3. The van der Waals surface area contributed by atoms with Crippen molar-refractivity contribution in [2.24, 2.45) is 11.3 Å². The van der Waals surface area contributed by atoms with E-state index in [1.807, 2.05) is 13.1 Å². The number of methoxy groups -OCH3 is 1. The lowest BCUT2D eigenvalue weighted by Crippen LogP contribution is -2.37. The fraction of sp³-hybridized carbons (Fsp3) is 0.750. The molecule has 0 saturated heterocycles. The van der Waals surface area contributed by atoms with Crippen molar-refractivity contribution in [1.29, 1.82) is 0 Å². The minimum absolute atomic E-state index is 0.306. The molecule has 1 saturated carbocycles. The summed E-state index contributed by atoms with van der Waals surface area (Å²) in [4.78, 5) is 0. The van der Waals surface area contributed by atoms with Gasteiger partial charge in [-0.3, -0.25) is 0 Å². The van der Waals surface area contributed by atoms with Gasteiger partial charge >= 0.3 is 0 Å². The maximum absolute atomic E-state index is 5.94. The molecule has 1 aliphatic carbocycles. The highest BCUT2D eigenvalue weighted by Gasteiger charge is 2.38. The Labute approximate surface area is 116 Å². The van der Waals surface area contributed by atoms with E-state index >= 15 is 0 Å². The Balaban J connectivity index is 2.17. The van der Waals surface area contributed by atoms with Crippen LogP contribution in [0.4, 0.5) is 0 Å². The zero-order valence-corrected chi connectivity index (χ0v) is 12.7. The van der Waals surface area contributed by atoms with Crippen LogP contribution in [0.25, 0.3) is 0 Å². The second-order valence-corrected chi connectivity index (χ2v) is 6.34. The van der Waals surface area contributed by atoms with Crippen LogP contribution in [0, 0.1) is 11.3 Å². The normalized spacial score (nSPS) is 24.3. The van der Waals surface area contributed by atoms with Gasteiger partial charge < -0.3 is 14.5 Å². The number of rotatable bonds is 5. The zero-order chi connectivity index (χ0) is 13.9. The average Bonchev–Trinajstić information content (AvgIpc) is 2.81. The van der Waals surface area contributed by atoms with Gasteiger partial charge in [0.1, 0.15) is 18.1 Å². The lowest BCUT2D eigenvalue weighted by Gasteiger charge is -2.42. The molecular weight excluding hydrogens is 238 g/mol. The summed E-state index contributed by atoms with van der Waals surface area (Å²) in [5, 5.41) is 3.46. The van der Waals surface area contributed by atoms with Crippen molar-refractivity contribution in [2.45, 2.75) is 52.2 Å². The monoisotopic (exact) mass is 265 g/mol. The molecule has 1 fully saturated rings. The Morgan fingerprint density at radius 2 is 2.21 bits per heavy atom. The van der Waals surface area contributed by atoms with E-state index in [0.717, 1.165) is 11.5 Å². The molecule has 1 aliphatic rings. The molecule has 0 bridgehead atoms. The summed E-state index contributed by atoms with van der Waals surface area (Å²) < 4.78 is 11.1. The van der Waals surface area contributed by atoms with Gasteiger partial charge in [0, 0.05) is 7.11 Å². The number of hydrogen-bond donors (Lipinski definition) is 1.